The standard InChI is InChI=1S/C11H22N4O2/c1-8(15(2)9-3-4-9)7-14-11(17)10(16)13-6-5-12/h8-9H,3-7,12H2,1-2H3,(H,13,16)(H,14,17). The second-order valence-electron chi connectivity index (χ2n) is 4.50. The first-order chi connectivity index (χ1) is 8.06. The molecule has 6 heteroatoms. The van der Waals surface area contributed by atoms with Gasteiger partial charge in [-0.05, 0) is 26.8 Å². The van der Waals surface area contributed by atoms with Crippen LogP contribution >= 0.6 is 0 Å². The van der Waals surface area contributed by atoms with E-state index in [9.17, 15) is 9.59 Å². The van der Waals surface area contributed by atoms with E-state index in [4.69, 9.17) is 5.73 Å². The van der Waals surface area contributed by atoms with Gasteiger partial charge in [-0.2, -0.15) is 0 Å². The highest BCUT2D eigenvalue weighted by Gasteiger charge is 2.29. The fraction of sp³-hybridized carbons (Fsp3) is 0.818. The molecule has 0 bridgehead atoms. The molecule has 1 unspecified atom stereocenters. The minimum Gasteiger partial charge on any atom is -0.347 e. The monoisotopic (exact) mass is 242 g/mol. The Bertz CT molecular complexity index is 279. The third kappa shape index (κ3) is 4.70. The van der Waals surface area contributed by atoms with Crippen molar-refractivity contribution in [2.75, 3.05) is 26.7 Å². The summed E-state index contributed by atoms with van der Waals surface area (Å²) in [5.41, 5.74) is 5.23. The maximum Gasteiger partial charge on any atom is 0.309 e. The molecule has 1 aliphatic carbocycles. The summed E-state index contributed by atoms with van der Waals surface area (Å²) in [6, 6.07) is 0.890. The first kappa shape index (κ1) is 13.9. The Labute approximate surface area is 102 Å². The lowest BCUT2D eigenvalue weighted by Crippen LogP contribution is -2.46. The fourth-order valence-electron chi connectivity index (χ4n) is 1.57. The van der Waals surface area contributed by atoms with Crippen molar-refractivity contribution in [3.63, 3.8) is 0 Å². The number of carbonyl (C=O) groups excluding carboxylic acids is 2. The van der Waals surface area contributed by atoms with Crippen LogP contribution in [0.25, 0.3) is 0 Å². The highest BCUT2D eigenvalue weighted by Crippen LogP contribution is 2.26. The number of nitrogens with zero attached hydrogens (tertiary/aromatic N) is 1. The van der Waals surface area contributed by atoms with Crippen LogP contribution < -0.4 is 16.4 Å². The zero-order chi connectivity index (χ0) is 12.8. The van der Waals surface area contributed by atoms with Gasteiger partial charge in [-0.15, -0.1) is 0 Å². The Kier molecular flexibility index (Phi) is 5.37. The maximum absolute atomic E-state index is 11.4. The molecule has 1 aliphatic rings. The number of carbonyl (C=O) groups is 2. The summed E-state index contributed by atoms with van der Waals surface area (Å²) in [6.07, 6.45) is 2.46. The van der Waals surface area contributed by atoms with E-state index in [2.05, 4.69) is 15.5 Å². The molecule has 4 N–H and O–H groups in total. The topological polar surface area (TPSA) is 87.5 Å². The lowest BCUT2D eigenvalue weighted by atomic mass is 10.3. The normalized spacial score (nSPS) is 16.7. The number of nitrogens with one attached hydrogen (secondary N) is 2. The van der Waals surface area contributed by atoms with Crippen LogP contribution in [0.5, 0.6) is 0 Å². The van der Waals surface area contributed by atoms with E-state index < -0.39 is 11.8 Å². The SMILES string of the molecule is CC(CNC(=O)C(=O)NCCN)N(C)C1CC1. The number of nitrogens with two attached hydrogens (primary N) is 1. The van der Waals surface area contributed by atoms with Crippen LogP contribution in [0.2, 0.25) is 0 Å². The van der Waals surface area contributed by atoms with Gasteiger partial charge >= 0.3 is 11.8 Å². The molecule has 17 heavy (non-hydrogen) atoms. The minimum atomic E-state index is -0.614. The fourth-order valence-corrected chi connectivity index (χ4v) is 1.57. The number of hydrogen-bond acceptors (Lipinski definition) is 4. The molecule has 0 aromatic heterocycles. The summed E-state index contributed by atoms with van der Waals surface area (Å²) in [7, 11) is 2.04. The molecule has 0 spiro atoms. The summed E-state index contributed by atoms with van der Waals surface area (Å²) in [6.45, 7) is 3.18. The van der Waals surface area contributed by atoms with Crippen LogP contribution in [0, 0.1) is 0 Å². The van der Waals surface area contributed by atoms with Gasteiger partial charge in [-0.25, -0.2) is 0 Å². The summed E-state index contributed by atoms with van der Waals surface area (Å²) < 4.78 is 0. The highest BCUT2D eigenvalue weighted by atomic mass is 16.2. The van der Waals surface area contributed by atoms with Crippen molar-refractivity contribution in [3.05, 3.63) is 0 Å². The molecule has 0 aliphatic heterocycles. The summed E-state index contributed by atoms with van der Waals surface area (Å²) in [5.74, 6) is -1.20. The zero-order valence-electron chi connectivity index (χ0n) is 10.5. The summed E-state index contributed by atoms with van der Waals surface area (Å²) in [4.78, 5) is 24.9. The quantitative estimate of drug-likeness (QED) is 0.503. The van der Waals surface area contributed by atoms with E-state index in [0.29, 0.717) is 25.7 Å². The molecule has 1 saturated carbocycles. The highest BCUT2D eigenvalue weighted by molar-refractivity contribution is 6.35. The summed E-state index contributed by atoms with van der Waals surface area (Å²) in [5, 5.41) is 5.05. The van der Waals surface area contributed by atoms with Gasteiger partial charge in [0.2, 0.25) is 0 Å². The first-order valence-corrected chi connectivity index (χ1v) is 6.04. The molecule has 1 atom stereocenters. The number of likely N-dealkylation sites (N-methyl/N-ethyl adjacent to an activating group) is 1. The number of amides is 2. The first-order valence-electron chi connectivity index (χ1n) is 6.04. The van der Waals surface area contributed by atoms with Gasteiger partial charge in [0.05, 0.1) is 0 Å². The van der Waals surface area contributed by atoms with E-state index >= 15 is 0 Å². The molecule has 1 rings (SSSR count). The van der Waals surface area contributed by atoms with Crippen molar-refractivity contribution in [2.24, 2.45) is 5.73 Å². The smallest absolute Gasteiger partial charge is 0.309 e. The van der Waals surface area contributed by atoms with Crippen LogP contribution in [-0.4, -0.2) is 55.5 Å². The third-order valence-corrected chi connectivity index (χ3v) is 3.01. The third-order valence-electron chi connectivity index (χ3n) is 3.01. The van der Waals surface area contributed by atoms with Crippen molar-refractivity contribution >= 4 is 11.8 Å². The predicted octanol–water partition coefficient (Wildman–Crippen LogP) is -1.34. The van der Waals surface area contributed by atoms with Crippen LogP contribution in [0.1, 0.15) is 19.8 Å². The van der Waals surface area contributed by atoms with E-state index in [1.807, 2.05) is 14.0 Å². The molecule has 0 heterocycles. The van der Waals surface area contributed by atoms with Gasteiger partial charge in [0.15, 0.2) is 0 Å². The molecular weight excluding hydrogens is 220 g/mol. The molecule has 0 aromatic rings. The molecule has 0 aromatic carbocycles. The lowest BCUT2D eigenvalue weighted by molar-refractivity contribution is -0.139. The number of hydrogen-bond donors (Lipinski definition) is 3. The Morgan fingerprint density at radius 2 is 1.94 bits per heavy atom. The molecule has 98 valence electrons. The van der Waals surface area contributed by atoms with Gasteiger partial charge in [0.1, 0.15) is 0 Å². The molecule has 6 nitrogen and oxygen atoms in total. The largest absolute Gasteiger partial charge is 0.347 e. The predicted molar refractivity (Wildman–Crippen MR) is 65.3 cm³/mol. The Morgan fingerprint density at radius 1 is 1.35 bits per heavy atom. The van der Waals surface area contributed by atoms with Crippen LogP contribution in [-0.2, 0) is 9.59 Å². The van der Waals surface area contributed by atoms with E-state index in [1.54, 1.807) is 0 Å². The van der Waals surface area contributed by atoms with Gasteiger partial charge < -0.3 is 16.4 Å². The van der Waals surface area contributed by atoms with Crippen molar-refractivity contribution < 1.29 is 9.59 Å². The Hall–Kier alpha value is -1.14. The maximum atomic E-state index is 11.4. The van der Waals surface area contributed by atoms with Gasteiger partial charge in [0, 0.05) is 31.7 Å². The summed E-state index contributed by atoms with van der Waals surface area (Å²) >= 11 is 0. The number of rotatable bonds is 6. The molecular formula is C11H22N4O2. The van der Waals surface area contributed by atoms with Crippen LogP contribution in [0.4, 0.5) is 0 Å². The average molecular weight is 242 g/mol. The Morgan fingerprint density at radius 3 is 2.47 bits per heavy atom. The molecule has 2 amide bonds. The van der Waals surface area contributed by atoms with Crippen molar-refractivity contribution in [2.45, 2.75) is 31.8 Å². The molecule has 1 fully saturated rings. The zero-order valence-corrected chi connectivity index (χ0v) is 10.5. The second-order valence-corrected chi connectivity index (χ2v) is 4.50. The van der Waals surface area contributed by atoms with E-state index in [-0.39, 0.29) is 6.04 Å². The van der Waals surface area contributed by atoms with Gasteiger partial charge in [0.25, 0.3) is 0 Å². The van der Waals surface area contributed by atoms with Crippen molar-refractivity contribution in [1.29, 1.82) is 0 Å². The Balaban J connectivity index is 2.19. The minimum absolute atomic E-state index is 0.244. The van der Waals surface area contributed by atoms with Gasteiger partial charge in [-0.3, -0.25) is 14.5 Å². The average Bonchev–Trinajstić information content (AvgIpc) is 3.15. The van der Waals surface area contributed by atoms with Gasteiger partial charge in [-0.1, -0.05) is 0 Å². The van der Waals surface area contributed by atoms with Crippen molar-refractivity contribution in [3.8, 4) is 0 Å². The van der Waals surface area contributed by atoms with E-state index in [0.717, 1.165) is 0 Å². The molecule has 0 radical (unpaired) electrons. The van der Waals surface area contributed by atoms with Crippen molar-refractivity contribution in [1.82, 2.24) is 15.5 Å². The van der Waals surface area contributed by atoms with Crippen LogP contribution in [0.3, 0.4) is 0 Å². The second kappa shape index (κ2) is 6.56. The van der Waals surface area contributed by atoms with Crippen LogP contribution in [0.15, 0.2) is 0 Å². The molecule has 0 saturated heterocycles. The van der Waals surface area contributed by atoms with E-state index in [1.165, 1.54) is 12.8 Å². The lowest BCUT2D eigenvalue weighted by Gasteiger charge is -2.24.